The SMILES string of the molecule is CCC(CC)(CN)N(C)CC(=O)NC1CCCCC1. The Morgan fingerprint density at radius 1 is 1.26 bits per heavy atom. The van der Waals surface area contributed by atoms with E-state index in [1.807, 2.05) is 7.05 Å². The van der Waals surface area contributed by atoms with E-state index in [1.54, 1.807) is 0 Å². The van der Waals surface area contributed by atoms with Gasteiger partial charge in [0, 0.05) is 18.1 Å². The van der Waals surface area contributed by atoms with Gasteiger partial charge in [-0.1, -0.05) is 33.1 Å². The number of carbonyl (C=O) groups excluding carboxylic acids is 1. The van der Waals surface area contributed by atoms with Crippen LogP contribution in [-0.4, -0.2) is 42.5 Å². The molecule has 0 unspecified atom stereocenters. The summed E-state index contributed by atoms with van der Waals surface area (Å²) < 4.78 is 0. The second-order valence-electron chi connectivity index (χ2n) is 5.89. The molecule has 1 aliphatic carbocycles. The molecule has 0 bridgehead atoms. The van der Waals surface area contributed by atoms with Crippen molar-refractivity contribution in [2.24, 2.45) is 5.73 Å². The molecule has 0 aromatic heterocycles. The Labute approximate surface area is 118 Å². The molecule has 4 nitrogen and oxygen atoms in total. The van der Waals surface area contributed by atoms with E-state index in [9.17, 15) is 4.79 Å². The van der Waals surface area contributed by atoms with Gasteiger partial charge in [-0.25, -0.2) is 0 Å². The lowest BCUT2D eigenvalue weighted by atomic mass is 9.91. The van der Waals surface area contributed by atoms with Gasteiger partial charge < -0.3 is 11.1 Å². The van der Waals surface area contributed by atoms with Crippen molar-refractivity contribution in [1.29, 1.82) is 0 Å². The van der Waals surface area contributed by atoms with Crippen molar-refractivity contribution in [2.75, 3.05) is 20.1 Å². The molecule has 0 aromatic rings. The van der Waals surface area contributed by atoms with Crippen LogP contribution in [0.4, 0.5) is 0 Å². The molecule has 3 N–H and O–H groups in total. The quantitative estimate of drug-likeness (QED) is 0.742. The predicted molar refractivity (Wildman–Crippen MR) is 80.0 cm³/mol. The van der Waals surface area contributed by atoms with E-state index in [4.69, 9.17) is 5.73 Å². The van der Waals surface area contributed by atoms with Gasteiger partial charge in [0.2, 0.25) is 5.91 Å². The lowest BCUT2D eigenvalue weighted by molar-refractivity contribution is -0.124. The Hall–Kier alpha value is -0.610. The highest BCUT2D eigenvalue weighted by Gasteiger charge is 2.30. The van der Waals surface area contributed by atoms with Gasteiger partial charge in [0.25, 0.3) is 0 Å². The maximum Gasteiger partial charge on any atom is 0.234 e. The van der Waals surface area contributed by atoms with E-state index in [-0.39, 0.29) is 11.4 Å². The Balaban J connectivity index is 2.45. The number of nitrogens with two attached hydrogens (primary N) is 1. The third-order valence-electron chi connectivity index (χ3n) is 4.86. The molecule has 0 saturated heterocycles. The zero-order valence-corrected chi connectivity index (χ0v) is 12.9. The molecule has 112 valence electrons. The first-order valence-corrected chi connectivity index (χ1v) is 7.78. The number of nitrogens with zero attached hydrogens (tertiary/aromatic N) is 1. The predicted octanol–water partition coefficient (Wildman–Crippen LogP) is 1.88. The first-order valence-electron chi connectivity index (χ1n) is 7.78. The summed E-state index contributed by atoms with van der Waals surface area (Å²) in [6, 6.07) is 0.394. The Morgan fingerprint density at radius 2 is 1.84 bits per heavy atom. The zero-order chi connectivity index (χ0) is 14.3. The third-order valence-corrected chi connectivity index (χ3v) is 4.86. The maximum absolute atomic E-state index is 12.1. The van der Waals surface area contributed by atoms with Gasteiger partial charge in [-0.2, -0.15) is 0 Å². The fraction of sp³-hybridized carbons (Fsp3) is 0.933. The Kier molecular flexibility index (Phi) is 6.80. The number of nitrogens with one attached hydrogen (secondary N) is 1. The molecule has 19 heavy (non-hydrogen) atoms. The molecule has 0 heterocycles. The smallest absolute Gasteiger partial charge is 0.234 e. The average Bonchev–Trinajstić information content (AvgIpc) is 2.42. The summed E-state index contributed by atoms with van der Waals surface area (Å²) in [5.74, 6) is 0.147. The summed E-state index contributed by atoms with van der Waals surface area (Å²) in [7, 11) is 2.01. The van der Waals surface area contributed by atoms with Crippen LogP contribution in [0, 0.1) is 0 Å². The molecule has 0 aliphatic heterocycles. The minimum absolute atomic E-state index is 0.0378. The highest BCUT2D eigenvalue weighted by molar-refractivity contribution is 5.78. The summed E-state index contributed by atoms with van der Waals surface area (Å²) in [5.41, 5.74) is 5.88. The maximum atomic E-state index is 12.1. The number of hydrogen-bond acceptors (Lipinski definition) is 3. The third kappa shape index (κ3) is 4.46. The number of likely N-dealkylation sites (N-methyl/N-ethyl adjacent to an activating group) is 1. The largest absolute Gasteiger partial charge is 0.352 e. The lowest BCUT2D eigenvalue weighted by Crippen LogP contribution is -2.54. The molecule has 1 aliphatic rings. The van der Waals surface area contributed by atoms with Gasteiger partial charge in [-0.15, -0.1) is 0 Å². The zero-order valence-electron chi connectivity index (χ0n) is 12.9. The van der Waals surface area contributed by atoms with Crippen molar-refractivity contribution in [3.8, 4) is 0 Å². The number of amides is 1. The van der Waals surface area contributed by atoms with Crippen molar-refractivity contribution in [2.45, 2.75) is 70.4 Å². The van der Waals surface area contributed by atoms with E-state index >= 15 is 0 Å². The van der Waals surface area contributed by atoms with Crippen LogP contribution in [0.2, 0.25) is 0 Å². The van der Waals surface area contributed by atoms with Crippen LogP contribution >= 0.6 is 0 Å². The van der Waals surface area contributed by atoms with Crippen LogP contribution < -0.4 is 11.1 Å². The second-order valence-corrected chi connectivity index (χ2v) is 5.89. The number of carbonyl (C=O) groups is 1. The number of rotatable bonds is 7. The van der Waals surface area contributed by atoms with Gasteiger partial charge in [0.15, 0.2) is 0 Å². The van der Waals surface area contributed by atoms with E-state index in [0.717, 1.165) is 25.7 Å². The number of hydrogen-bond donors (Lipinski definition) is 2. The molecule has 0 radical (unpaired) electrons. The monoisotopic (exact) mass is 269 g/mol. The Bertz CT molecular complexity index is 262. The van der Waals surface area contributed by atoms with Crippen LogP contribution in [0.15, 0.2) is 0 Å². The van der Waals surface area contributed by atoms with Crippen molar-refractivity contribution < 1.29 is 4.79 Å². The van der Waals surface area contributed by atoms with Crippen LogP contribution in [0.5, 0.6) is 0 Å². The van der Waals surface area contributed by atoms with Gasteiger partial charge in [0.05, 0.1) is 6.54 Å². The summed E-state index contributed by atoms with van der Waals surface area (Å²) >= 11 is 0. The molecular formula is C15H31N3O. The van der Waals surface area contributed by atoms with Crippen molar-refractivity contribution in [1.82, 2.24) is 10.2 Å². The van der Waals surface area contributed by atoms with Gasteiger partial charge >= 0.3 is 0 Å². The fourth-order valence-electron chi connectivity index (χ4n) is 3.14. The molecule has 1 rings (SSSR count). The van der Waals surface area contributed by atoms with Crippen LogP contribution in [0.1, 0.15) is 58.8 Å². The normalized spacial score (nSPS) is 17.7. The van der Waals surface area contributed by atoms with Crippen molar-refractivity contribution >= 4 is 5.91 Å². The lowest BCUT2D eigenvalue weighted by Gasteiger charge is -2.40. The van der Waals surface area contributed by atoms with E-state index in [2.05, 4.69) is 24.1 Å². The minimum Gasteiger partial charge on any atom is -0.352 e. The van der Waals surface area contributed by atoms with Crippen molar-refractivity contribution in [3.05, 3.63) is 0 Å². The summed E-state index contributed by atoms with van der Waals surface area (Å²) in [4.78, 5) is 14.3. The van der Waals surface area contributed by atoms with Crippen LogP contribution in [0.25, 0.3) is 0 Å². The van der Waals surface area contributed by atoms with Gasteiger partial charge in [-0.3, -0.25) is 9.69 Å². The first-order chi connectivity index (χ1) is 9.07. The highest BCUT2D eigenvalue weighted by Crippen LogP contribution is 2.21. The summed E-state index contributed by atoms with van der Waals surface area (Å²) in [6.45, 7) is 5.35. The molecule has 1 fully saturated rings. The minimum atomic E-state index is -0.0378. The van der Waals surface area contributed by atoms with E-state index in [1.165, 1.54) is 19.3 Å². The van der Waals surface area contributed by atoms with Crippen LogP contribution in [-0.2, 0) is 4.79 Å². The molecule has 4 heteroatoms. The average molecular weight is 269 g/mol. The molecular weight excluding hydrogens is 238 g/mol. The van der Waals surface area contributed by atoms with Crippen LogP contribution in [0.3, 0.4) is 0 Å². The topological polar surface area (TPSA) is 58.4 Å². The van der Waals surface area contributed by atoms with Gasteiger partial charge in [-0.05, 0) is 32.7 Å². The molecule has 0 spiro atoms. The molecule has 0 aromatic carbocycles. The Morgan fingerprint density at radius 3 is 2.32 bits per heavy atom. The fourth-order valence-corrected chi connectivity index (χ4v) is 3.14. The summed E-state index contributed by atoms with van der Waals surface area (Å²) in [5, 5.41) is 3.17. The highest BCUT2D eigenvalue weighted by atomic mass is 16.2. The molecule has 0 atom stereocenters. The summed E-state index contributed by atoms with van der Waals surface area (Å²) in [6.07, 6.45) is 8.04. The van der Waals surface area contributed by atoms with E-state index < -0.39 is 0 Å². The van der Waals surface area contributed by atoms with Gasteiger partial charge in [0.1, 0.15) is 0 Å². The first kappa shape index (κ1) is 16.4. The second kappa shape index (κ2) is 7.85. The molecule has 1 amide bonds. The standard InChI is InChI=1S/C15H31N3O/c1-4-15(5-2,12-16)18(3)11-14(19)17-13-9-7-6-8-10-13/h13H,4-12,16H2,1-3H3,(H,17,19). The van der Waals surface area contributed by atoms with E-state index in [0.29, 0.717) is 19.1 Å². The molecule has 1 saturated carbocycles. The van der Waals surface area contributed by atoms with Crippen molar-refractivity contribution in [3.63, 3.8) is 0 Å².